The molecule has 6 heteroatoms. The Kier molecular flexibility index (Phi) is 5.91. The number of allylic oxidation sites excluding steroid dienone is 2. The van der Waals surface area contributed by atoms with Crippen LogP contribution in [0.4, 0.5) is 0 Å². The van der Waals surface area contributed by atoms with Gasteiger partial charge in [0.1, 0.15) is 11.3 Å². The molecule has 0 radical (unpaired) electrons. The van der Waals surface area contributed by atoms with Crippen LogP contribution >= 0.6 is 8.86 Å². The van der Waals surface area contributed by atoms with Crippen molar-refractivity contribution in [3.8, 4) is 0 Å². The van der Waals surface area contributed by atoms with Gasteiger partial charge in [0, 0.05) is 38.3 Å². The van der Waals surface area contributed by atoms with E-state index in [0.717, 1.165) is 49.5 Å². The summed E-state index contributed by atoms with van der Waals surface area (Å²) in [6.07, 6.45) is 6.54. The second-order valence-corrected chi connectivity index (χ2v) is 8.10. The molecule has 1 saturated heterocycles. The molecular weight excluding hydrogens is 391 g/mol. The highest BCUT2D eigenvalue weighted by atomic mass is 31.0. The van der Waals surface area contributed by atoms with Crippen LogP contribution in [0.1, 0.15) is 16.9 Å². The normalized spacial score (nSPS) is 16.6. The zero-order chi connectivity index (χ0) is 21.1. The van der Waals surface area contributed by atoms with Crippen LogP contribution < -0.4 is 0 Å². The van der Waals surface area contributed by atoms with Crippen LogP contribution in [0.5, 0.6) is 0 Å². The molecule has 1 fully saturated rings. The van der Waals surface area contributed by atoms with Crippen LogP contribution in [0.15, 0.2) is 88.9 Å². The monoisotopic (exact) mass is 418 g/mol. The lowest BCUT2D eigenvalue weighted by Crippen LogP contribution is -2.49. The van der Waals surface area contributed by atoms with Gasteiger partial charge in [0.2, 0.25) is 0 Å². The summed E-state index contributed by atoms with van der Waals surface area (Å²) in [6, 6.07) is 12.4. The average molecular weight is 418 g/mol. The van der Waals surface area contributed by atoms with Crippen molar-refractivity contribution in [3.05, 3.63) is 96.3 Å². The molecule has 5 nitrogen and oxygen atoms in total. The van der Waals surface area contributed by atoms with Gasteiger partial charge in [-0.25, -0.2) is 5.01 Å². The summed E-state index contributed by atoms with van der Waals surface area (Å²) < 4.78 is 5.48. The first-order chi connectivity index (χ1) is 14.5. The van der Waals surface area contributed by atoms with Gasteiger partial charge in [-0.2, -0.15) is 0 Å². The molecule has 0 N–H and O–H groups in total. The maximum Gasteiger partial charge on any atom is 0.156 e. The molecule has 30 heavy (non-hydrogen) atoms. The first-order valence-electron chi connectivity index (χ1n) is 10.1. The van der Waals surface area contributed by atoms with E-state index in [9.17, 15) is 0 Å². The highest BCUT2D eigenvalue weighted by Gasteiger charge is 2.24. The molecule has 0 bridgehead atoms. The van der Waals surface area contributed by atoms with Gasteiger partial charge in [0.05, 0.1) is 12.0 Å². The van der Waals surface area contributed by atoms with E-state index in [1.54, 1.807) is 11.3 Å². The Hall–Kier alpha value is -3.04. The summed E-state index contributed by atoms with van der Waals surface area (Å²) in [7, 11) is 3.65. The highest BCUT2D eigenvalue weighted by Crippen LogP contribution is 2.20. The summed E-state index contributed by atoms with van der Waals surface area (Å²) in [5.74, 6) is 1.64. The summed E-state index contributed by atoms with van der Waals surface area (Å²) in [4.78, 5) is 4.68. The van der Waals surface area contributed by atoms with E-state index in [4.69, 9.17) is 9.52 Å². The standard InChI is InChI=1S/C24H27N4OP/c1-18-6-9-21(10-7-18)17-20(3)26-12-14-27(15-13-26)23-11-8-19(2)28(25-23)24(30)22-5-4-16-29-22/h4-11,16,30H,2-3,12-15,17H2,1H3. The number of rotatable bonds is 5. The minimum Gasteiger partial charge on any atom is -0.462 e. The van der Waals surface area contributed by atoms with Crippen molar-refractivity contribution >= 4 is 20.1 Å². The third-order valence-electron chi connectivity index (χ3n) is 5.45. The summed E-state index contributed by atoms with van der Waals surface area (Å²) in [5.41, 5.74) is 5.28. The minimum absolute atomic E-state index is 0.712. The smallest absolute Gasteiger partial charge is 0.156 e. The fraction of sp³-hybridized carbons (Fsp3) is 0.250. The highest BCUT2D eigenvalue weighted by molar-refractivity contribution is 7.21. The van der Waals surface area contributed by atoms with Gasteiger partial charge in [-0.1, -0.05) is 51.9 Å². The van der Waals surface area contributed by atoms with Crippen molar-refractivity contribution < 1.29 is 4.42 Å². The molecule has 154 valence electrons. The largest absolute Gasteiger partial charge is 0.462 e. The van der Waals surface area contributed by atoms with Crippen molar-refractivity contribution in [2.75, 3.05) is 26.2 Å². The van der Waals surface area contributed by atoms with Gasteiger partial charge in [-0.15, -0.1) is 5.10 Å². The Morgan fingerprint density at radius 1 is 1.10 bits per heavy atom. The molecule has 1 aromatic carbocycles. The molecule has 0 spiro atoms. The zero-order valence-electron chi connectivity index (χ0n) is 17.3. The first-order valence-corrected chi connectivity index (χ1v) is 10.6. The van der Waals surface area contributed by atoms with Crippen molar-refractivity contribution in [3.63, 3.8) is 0 Å². The second-order valence-electron chi connectivity index (χ2n) is 7.62. The molecular formula is C24H27N4OP. The van der Waals surface area contributed by atoms with Gasteiger partial charge in [-0.3, -0.25) is 0 Å². The quantitative estimate of drug-likeness (QED) is 0.679. The molecule has 2 aromatic rings. The Morgan fingerprint density at radius 2 is 1.83 bits per heavy atom. The topological polar surface area (TPSA) is 35.2 Å². The van der Waals surface area contributed by atoms with E-state index >= 15 is 0 Å². The number of amidine groups is 1. The van der Waals surface area contributed by atoms with Crippen molar-refractivity contribution in [2.45, 2.75) is 13.3 Å². The Labute approximate surface area is 180 Å². The Balaban J connectivity index is 1.37. The van der Waals surface area contributed by atoms with Crippen molar-refractivity contribution in [1.29, 1.82) is 0 Å². The Bertz CT molecular complexity index is 996. The van der Waals surface area contributed by atoms with Gasteiger partial charge in [0.15, 0.2) is 5.76 Å². The molecule has 0 aliphatic carbocycles. The first kappa shape index (κ1) is 20.2. The van der Waals surface area contributed by atoms with Crippen molar-refractivity contribution in [1.82, 2.24) is 14.8 Å². The molecule has 3 heterocycles. The van der Waals surface area contributed by atoms with Crippen LogP contribution in [-0.2, 0) is 6.42 Å². The number of hydrogen-bond acceptors (Lipinski definition) is 4. The van der Waals surface area contributed by atoms with E-state index in [2.05, 4.69) is 63.0 Å². The zero-order valence-corrected chi connectivity index (χ0v) is 18.3. The van der Waals surface area contributed by atoms with E-state index in [1.165, 1.54) is 16.8 Å². The van der Waals surface area contributed by atoms with Crippen molar-refractivity contribution in [2.24, 2.45) is 5.10 Å². The molecule has 2 aliphatic rings. The lowest BCUT2D eigenvalue weighted by Gasteiger charge is -2.39. The molecule has 2 aliphatic heterocycles. The van der Waals surface area contributed by atoms with Crippen LogP contribution in [0.3, 0.4) is 0 Å². The minimum atomic E-state index is 0.712. The number of furan rings is 1. The molecule has 0 saturated carbocycles. The van der Waals surface area contributed by atoms with Crippen LogP contribution in [0.25, 0.3) is 0 Å². The van der Waals surface area contributed by atoms with E-state index in [0.29, 0.717) is 5.76 Å². The summed E-state index contributed by atoms with van der Waals surface area (Å²) in [5, 5.41) is 6.56. The van der Waals surface area contributed by atoms with E-state index in [-0.39, 0.29) is 0 Å². The van der Waals surface area contributed by atoms with Gasteiger partial charge < -0.3 is 14.2 Å². The predicted octanol–water partition coefficient (Wildman–Crippen LogP) is 4.28. The Morgan fingerprint density at radius 3 is 2.50 bits per heavy atom. The van der Waals surface area contributed by atoms with Gasteiger partial charge >= 0.3 is 0 Å². The van der Waals surface area contributed by atoms with Gasteiger partial charge in [-0.05, 0) is 36.8 Å². The number of hydrogen-bond donors (Lipinski definition) is 0. The predicted molar refractivity (Wildman–Crippen MR) is 126 cm³/mol. The lowest BCUT2D eigenvalue weighted by molar-refractivity contribution is 0.218. The van der Waals surface area contributed by atoms with E-state index < -0.39 is 0 Å². The maximum atomic E-state index is 5.48. The van der Waals surface area contributed by atoms with Gasteiger partial charge in [0.25, 0.3) is 0 Å². The third-order valence-corrected chi connectivity index (χ3v) is 5.90. The SMILES string of the molecule is C=C(Cc1ccc(C)cc1)N1CCN(C2=NN(C(=P)c3ccco3)C(=C)C=C2)CC1. The summed E-state index contributed by atoms with van der Waals surface area (Å²) >= 11 is 0. The number of hydrazone groups is 1. The van der Waals surface area contributed by atoms with Crippen LogP contribution in [0.2, 0.25) is 0 Å². The van der Waals surface area contributed by atoms with Crippen LogP contribution in [0, 0.1) is 6.92 Å². The maximum absolute atomic E-state index is 5.48. The fourth-order valence-corrected chi connectivity index (χ4v) is 3.96. The average Bonchev–Trinajstić information content (AvgIpc) is 3.30. The van der Waals surface area contributed by atoms with Crippen LogP contribution in [-0.4, -0.2) is 52.2 Å². The van der Waals surface area contributed by atoms with E-state index in [1.807, 2.05) is 24.3 Å². The number of piperazine rings is 1. The molecule has 4 rings (SSSR count). The fourth-order valence-electron chi connectivity index (χ4n) is 3.63. The third kappa shape index (κ3) is 4.42. The molecule has 1 aromatic heterocycles. The molecule has 0 atom stereocenters. The summed E-state index contributed by atoms with van der Waals surface area (Å²) in [6.45, 7) is 14.2. The second kappa shape index (κ2) is 8.76. The number of aryl methyl sites for hydroxylation is 1. The lowest BCUT2D eigenvalue weighted by atomic mass is 10.1. The molecule has 0 amide bonds. The number of benzene rings is 1. The number of nitrogens with zero attached hydrogens (tertiary/aromatic N) is 4. The molecule has 0 unspecified atom stereocenters.